The molecule has 7 heteroatoms. The van der Waals surface area contributed by atoms with Crippen LogP contribution in [0.4, 0.5) is 5.82 Å². The Balaban J connectivity index is 1.22. The van der Waals surface area contributed by atoms with Crippen LogP contribution >= 0.6 is 0 Å². The number of hydrogen-bond acceptors (Lipinski definition) is 7. The van der Waals surface area contributed by atoms with Crippen LogP contribution in [-0.4, -0.2) is 82.3 Å². The third-order valence-corrected chi connectivity index (χ3v) is 10.2. The Hall–Kier alpha value is -3.42. The van der Waals surface area contributed by atoms with Gasteiger partial charge in [0, 0.05) is 30.6 Å². The van der Waals surface area contributed by atoms with Gasteiger partial charge < -0.3 is 14.7 Å². The Morgan fingerprint density at radius 1 is 0.925 bits per heavy atom. The van der Waals surface area contributed by atoms with Gasteiger partial charge in [-0.3, -0.25) is 9.80 Å². The van der Waals surface area contributed by atoms with E-state index in [4.69, 9.17) is 14.7 Å². The van der Waals surface area contributed by atoms with Crippen molar-refractivity contribution in [3.05, 3.63) is 54.6 Å². The van der Waals surface area contributed by atoms with E-state index in [-0.39, 0.29) is 11.3 Å². The number of aromatic nitrogens is 2. The molecule has 2 atom stereocenters. The van der Waals surface area contributed by atoms with Crippen molar-refractivity contribution < 1.29 is 9.84 Å². The fourth-order valence-electron chi connectivity index (χ4n) is 8.05. The minimum absolute atomic E-state index is 0.147. The molecule has 4 aliphatic rings. The quantitative estimate of drug-likeness (QED) is 0.365. The Morgan fingerprint density at radius 3 is 2.50 bits per heavy atom. The Kier molecular flexibility index (Phi) is 5.68. The molecule has 5 heterocycles. The van der Waals surface area contributed by atoms with Crippen molar-refractivity contribution in [1.82, 2.24) is 19.8 Å². The first-order valence-electron chi connectivity index (χ1n) is 15.0. The first-order valence-corrected chi connectivity index (χ1v) is 15.0. The molecule has 0 amide bonds. The summed E-state index contributed by atoms with van der Waals surface area (Å²) >= 11 is 0. The van der Waals surface area contributed by atoms with E-state index in [9.17, 15) is 5.11 Å². The summed E-state index contributed by atoms with van der Waals surface area (Å²) in [6.45, 7) is 4.98. The number of nitrogens with zero attached hydrogens (tertiary/aromatic N) is 5. The van der Waals surface area contributed by atoms with Crippen LogP contribution in [0.1, 0.15) is 38.5 Å². The van der Waals surface area contributed by atoms with Crippen LogP contribution in [0.25, 0.3) is 32.8 Å². The van der Waals surface area contributed by atoms with Crippen LogP contribution in [0.3, 0.4) is 0 Å². The number of ether oxygens (including phenoxy) is 1. The molecule has 2 bridgehead atoms. The summed E-state index contributed by atoms with van der Waals surface area (Å²) in [5.74, 6) is 1.26. The van der Waals surface area contributed by atoms with Crippen LogP contribution in [0, 0.1) is 0 Å². The highest BCUT2D eigenvalue weighted by Gasteiger charge is 2.45. The van der Waals surface area contributed by atoms with E-state index in [1.54, 1.807) is 0 Å². The monoisotopic (exact) mass is 535 g/mol. The lowest BCUT2D eigenvalue weighted by molar-refractivity contribution is 0.108. The van der Waals surface area contributed by atoms with Crippen LogP contribution in [-0.2, 0) is 0 Å². The predicted octanol–water partition coefficient (Wildman–Crippen LogP) is 5.45. The van der Waals surface area contributed by atoms with Crippen LogP contribution in [0.5, 0.6) is 11.8 Å². The van der Waals surface area contributed by atoms with Crippen molar-refractivity contribution in [2.24, 2.45) is 0 Å². The lowest BCUT2D eigenvalue weighted by atomic mass is 9.95. The Morgan fingerprint density at radius 2 is 1.70 bits per heavy atom. The van der Waals surface area contributed by atoms with Gasteiger partial charge in [-0.15, -0.1) is 0 Å². The van der Waals surface area contributed by atoms with Gasteiger partial charge in [-0.1, -0.05) is 30.3 Å². The Labute approximate surface area is 235 Å². The van der Waals surface area contributed by atoms with Gasteiger partial charge in [0.25, 0.3) is 0 Å². The largest absolute Gasteiger partial charge is 0.508 e. The zero-order chi connectivity index (χ0) is 26.8. The van der Waals surface area contributed by atoms with E-state index < -0.39 is 0 Å². The van der Waals surface area contributed by atoms with E-state index >= 15 is 0 Å². The molecule has 4 saturated heterocycles. The second kappa shape index (κ2) is 9.32. The summed E-state index contributed by atoms with van der Waals surface area (Å²) in [6, 6.07) is 20.0. The number of anilines is 1. The molecule has 1 aromatic heterocycles. The number of piperazine rings is 1. The number of aromatic hydroxyl groups is 1. The van der Waals surface area contributed by atoms with Gasteiger partial charge in [0.2, 0.25) is 0 Å². The zero-order valence-corrected chi connectivity index (χ0v) is 23.2. The van der Waals surface area contributed by atoms with E-state index in [2.05, 4.69) is 46.0 Å². The average Bonchev–Trinajstić information content (AvgIpc) is 3.59. The third kappa shape index (κ3) is 3.93. The molecule has 4 fully saturated rings. The number of rotatable bonds is 5. The number of likely N-dealkylation sites (N-methyl/N-ethyl adjacent to an activating group) is 1. The summed E-state index contributed by atoms with van der Waals surface area (Å²) in [6.07, 6.45) is 7.39. The summed E-state index contributed by atoms with van der Waals surface area (Å²) < 4.78 is 6.52. The van der Waals surface area contributed by atoms with Crippen molar-refractivity contribution >= 4 is 27.5 Å². The molecule has 0 saturated carbocycles. The molecule has 4 aliphatic heterocycles. The second-order valence-electron chi connectivity index (χ2n) is 12.4. The topological polar surface area (TPSA) is 65.0 Å². The molecule has 0 radical (unpaired) electrons. The summed E-state index contributed by atoms with van der Waals surface area (Å²) in [5.41, 5.74) is 3.07. The maximum atomic E-state index is 10.5. The van der Waals surface area contributed by atoms with Crippen LogP contribution in [0.15, 0.2) is 54.6 Å². The zero-order valence-electron chi connectivity index (χ0n) is 23.2. The number of phenols is 1. The SMILES string of the molecule is CN1C2CCC1CN(c1nc(OCC34CCCN3CCC4)nc3cc(-c4cc(O)cc5ccccc45)ccc13)C2. The first kappa shape index (κ1) is 24.4. The maximum Gasteiger partial charge on any atom is 0.319 e. The van der Waals surface area contributed by atoms with Crippen molar-refractivity contribution in [2.45, 2.75) is 56.1 Å². The highest BCUT2D eigenvalue weighted by Crippen LogP contribution is 2.40. The van der Waals surface area contributed by atoms with E-state index in [0.29, 0.717) is 24.7 Å². The molecule has 7 nitrogen and oxygen atoms in total. The predicted molar refractivity (Wildman–Crippen MR) is 159 cm³/mol. The van der Waals surface area contributed by atoms with Gasteiger partial charge in [-0.05, 0) is 105 Å². The molecule has 40 heavy (non-hydrogen) atoms. The van der Waals surface area contributed by atoms with Crippen molar-refractivity contribution in [2.75, 3.05) is 44.7 Å². The van der Waals surface area contributed by atoms with E-state index in [1.807, 2.05) is 30.3 Å². The van der Waals surface area contributed by atoms with Crippen molar-refractivity contribution in [3.8, 4) is 22.9 Å². The number of fused-ring (bicyclic) bond motifs is 5. The molecular weight excluding hydrogens is 498 g/mol. The molecule has 1 N–H and O–H groups in total. The van der Waals surface area contributed by atoms with Gasteiger partial charge in [0.15, 0.2) is 0 Å². The summed E-state index contributed by atoms with van der Waals surface area (Å²) in [5, 5.41) is 13.7. The number of phenolic OH excluding ortho intramolecular Hbond substituents is 1. The normalized spacial score (nSPS) is 24.3. The lowest BCUT2D eigenvalue weighted by Crippen LogP contribution is -2.52. The number of benzene rings is 3. The van der Waals surface area contributed by atoms with Gasteiger partial charge in [0.05, 0.1) is 11.1 Å². The summed E-state index contributed by atoms with van der Waals surface area (Å²) in [4.78, 5) is 17.8. The third-order valence-electron chi connectivity index (χ3n) is 10.2. The second-order valence-corrected chi connectivity index (χ2v) is 12.4. The molecule has 2 unspecified atom stereocenters. The van der Waals surface area contributed by atoms with Gasteiger partial charge in [-0.25, -0.2) is 0 Å². The summed E-state index contributed by atoms with van der Waals surface area (Å²) in [7, 11) is 2.27. The molecule has 0 spiro atoms. The van der Waals surface area contributed by atoms with E-state index in [0.717, 1.165) is 51.7 Å². The smallest absolute Gasteiger partial charge is 0.319 e. The Bertz CT molecular complexity index is 1580. The van der Waals surface area contributed by atoms with Crippen LogP contribution in [0.2, 0.25) is 0 Å². The molecule has 206 valence electrons. The molecule has 0 aliphatic carbocycles. The van der Waals surface area contributed by atoms with Gasteiger partial charge in [-0.2, -0.15) is 9.97 Å². The average molecular weight is 536 g/mol. The molecular formula is C33H37N5O2. The molecule has 4 aromatic rings. The highest BCUT2D eigenvalue weighted by molar-refractivity contribution is 6.00. The minimum Gasteiger partial charge on any atom is -0.508 e. The highest BCUT2D eigenvalue weighted by atomic mass is 16.5. The van der Waals surface area contributed by atoms with Gasteiger partial charge >= 0.3 is 6.01 Å². The van der Waals surface area contributed by atoms with Crippen molar-refractivity contribution in [1.29, 1.82) is 0 Å². The molecule has 8 rings (SSSR count). The van der Waals surface area contributed by atoms with Gasteiger partial charge in [0.1, 0.15) is 18.2 Å². The lowest BCUT2D eigenvalue weighted by Gasteiger charge is -2.40. The van der Waals surface area contributed by atoms with Crippen molar-refractivity contribution in [3.63, 3.8) is 0 Å². The van der Waals surface area contributed by atoms with Crippen LogP contribution < -0.4 is 9.64 Å². The maximum absolute atomic E-state index is 10.5. The fourth-order valence-corrected chi connectivity index (χ4v) is 8.05. The minimum atomic E-state index is 0.147. The standard InChI is InChI=1S/C33H37N5O2/c1-36-24-9-10-25(36)20-37(19-24)31-28-11-8-23(29-18-26(39)16-22-6-2-3-7-27(22)29)17-30(28)34-32(35-31)40-21-33-12-4-14-38(33)15-5-13-33/h2-3,6-8,11,16-18,24-25,39H,4-5,9-10,12-15,19-21H2,1H3. The number of hydrogen-bond donors (Lipinski definition) is 1. The van der Waals surface area contributed by atoms with E-state index in [1.165, 1.54) is 51.6 Å². The first-order chi connectivity index (χ1) is 19.6. The fraction of sp³-hybridized carbons (Fsp3) is 0.455. The molecule has 3 aromatic carbocycles.